The summed E-state index contributed by atoms with van der Waals surface area (Å²) in [5.41, 5.74) is 0.438. The molecule has 1 aliphatic carbocycles. The normalized spacial score (nSPS) is 33.1. The topological polar surface area (TPSA) is 21.8 Å². The van der Waals surface area contributed by atoms with Crippen LogP contribution >= 0.6 is 0 Å². The zero-order valence-corrected chi connectivity index (χ0v) is 14.1. The van der Waals surface area contributed by atoms with Crippen molar-refractivity contribution in [2.24, 2.45) is 0 Å². The Morgan fingerprint density at radius 2 is 1.81 bits per heavy atom. The van der Waals surface area contributed by atoms with Crippen LogP contribution in [-0.4, -0.2) is 86.2 Å². The Kier molecular flexibility index (Phi) is 5.20. The summed E-state index contributed by atoms with van der Waals surface area (Å²) < 4.78 is 0. The molecule has 3 fully saturated rings. The van der Waals surface area contributed by atoms with E-state index in [1.54, 1.807) is 0 Å². The lowest BCUT2D eigenvalue weighted by Crippen LogP contribution is -2.57. The van der Waals surface area contributed by atoms with E-state index in [4.69, 9.17) is 0 Å². The van der Waals surface area contributed by atoms with E-state index in [0.717, 1.165) is 0 Å². The van der Waals surface area contributed by atoms with Gasteiger partial charge in [0.2, 0.25) is 0 Å². The molecule has 21 heavy (non-hydrogen) atoms. The van der Waals surface area contributed by atoms with Crippen molar-refractivity contribution in [1.29, 1.82) is 0 Å². The van der Waals surface area contributed by atoms with Crippen LogP contribution in [0.4, 0.5) is 0 Å². The van der Waals surface area contributed by atoms with Gasteiger partial charge in [-0.2, -0.15) is 0 Å². The van der Waals surface area contributed by atoms with Crippen LogP contribution in [0.2, 0.25) is 0 Å². The van der Waals surface area contributed by atoms with Crippen LogP contribution in [0, 0.1) is 0 Å². The molecule has 122 valence electrons. The summed E-state index contributed by atoms with van der Waals surface area (Å²) in [7, 11) is 4.58. The van der Waals surface area contributed by atoms with Crippen LogP contribution in [-0.2, 0) is 0 Å². The Balaban J connectivity index is 1.60. The summed E-state index contributed by atoms with van der Waals surface area (Å²) in [6.07, 6.45) is 8.39. The molecule has 3 aliphatic rings. The lowest BCUT2D eigenvalue weighted by Gasteiger charge is -2.43. The maximum atomic E-state index is 3.92. The molecule has 0 aromatic heterocycles. The number of nitrogens with zero attached hydrogens (tertiary/aromatic N) is 3. The molecule has 2 heterocycles. The Labute approximate surface area is 130 Å². The van der Waals surface area contributed by atoms with Gasteiger partial charge in [-0.15, -0.1) is 0 Å². The summed E-state index contributed by atoms with van der Waals surface area (Å²) >= 11 is 0. The van der Waals surface area contributed by atoms with Crippen LogP contribution in [0.1, 0.15) is 38.5 Å². The number of nitrogens with one attached hydrogen (secondary N) is 1. The van der Waals surface area contributed by atoms with Crippen molar-refractivity contribution in [3.8, 4) is 0 Å². The van der Waals surface area contributed by atoms with Crippen molar-refractivity contribution in [2.75, 3.05) is 59.9 Å². The van der Waals surface area contributed by atoms with Gasteiger partial charge in [0.1, 0.15) is 0 Å². The Bertz CT molecular complexity index is 327. The van der Waals surface area contributed by atoms with Crippen molar-refractivity contribution >= 4 is 0 Å². The molecule has 0 aromatic carbocycles. The average molecular weight is 294 g/mol. The molecule has 0 aromatic rings. The highest BCUT2D eigenvalue weighted by atomic mass is 15.3. The number of likely N-dealkylation sites (N-methyl/N-ethyl adjacent to an activating group) is 2. The highest BCUT2D eigenvalue weighted by Crippen LogP contribution is 2.30. The first-order valence-corrected chi connectivity index (χ1v) is 9.03. The molecule has 1 saturated carbocycles. The van der Waals surface area contributed by atoms with Gasteiger partial charge in [-0.1, -0.05) is 19.3 Å². The van der Waals surface area contributed by atoms with Gasteiger partial charge in [-0.3, -0.25) is 9.80 Å². The standard InChI is InChI=1S/C17H34N4/c1-19-11-12-20(2)16(13-19)14-21-10-6-9-18-17(15-21)7-4-3-5-8-17/h16,18H,3-15H2,1-2H3. The molecule has 3 rings (SSSR count). The van der Waals surface area contributed by atoms with Gasteiger partial charge in [-0.05, 0) is 46.4 Å². The maximum absolute atomic E-state index is 3.92. The molecule has 4 heteroatoms. The molecule has 2 saturated heterocycles. The van der Waals surface area contributed by atoms with Crippen LogP contribution in [0.15, 0.2) is 0 Å². The lowest BCUT2D eigenvalue weighted by atomic mass is 9.81. The second-order valence-corrected chi connectivity index (χ2v) is 7.75. The first-order chi connectivity index (χ1) is 10.2. The van der Waals surface area contributed by atoms with Crippen molar-refractivity contribution in [1.82, 2.24) is 20.0 Å². The third-order valence-electron chi connectivity index (χ3n) is 5.94. The zero-order chi connectivity index (χ0) is 14.7. The fourth-order valence-electron chi connectivity index (χ4n) is 4.54. The minimum atomic E-state index is 0.438. The van der Waals surface area contributed by atoms with Crippen molar-refractivity contribution in [2.45, 2.75) is 50.1 Å². The Hall–Kier alpha value is -0.160. The maximum Gasteiger partial charge on any atom is 0.0347 e. The Morgan fingerprint density at radius 3 is 2.62 bits per heavy atom. The Morgan fingerprint density at radius 1 is 1.00 bits per heavy atom. The largest absolute Gasteiger partial charge is 0.310 e. The summed E-state index contributed by atoms with van der Waals surface area (Å²) in [4.78, 5) is 7.84. The monoisotopic (exact) mass is 294 g/mol. The first-order valence-electron chi connectivity index (χ1n) is 9.03. The van der Waals surface area contributed by atoms with Crippen molar-refractivity contribution in [3.63, 3.8) is 0 Å². The van der Waals surface area contributed by atoms with Crippen molar-refractivity contribution < 1.29 is 0 Å². The molecule has 0 bridgehead atoms. The third-order valence-corrected chi connectivity index (χ3v) is 5.94. The summed E-state index contributed by atoms with van der Waals surface area (Å²) in [6, 6.07) is 0.711. The lowest BCUT2D eigenvalue weighted by molar-refractivity contribution is 0.0711. The van der Waals surface area contributed by atoms with E-state index in [2.05, 4.69) is 34.1 Å². The van der Waals surface area contributed by atoms with Gasteiger partial charge >= 0.3 is 0 Å². The average Bonchev–Trinajstić information content (AvgIpc) is 2.66. The molecule has 0 radical (unpaired) electrons. The van der Waals surface area contributed by atoms with E-state index in [1.165, 1.54) is 84.3 Å². The van der Waals surface area contributed by atoms with E-state index in [9.17, 15) is 0 Å². The highest BCUT2D eigenvalue weighted by molar-refractivity contribution is 4.96. The van der Waals surface area contributed by atoms with E-state index < -0.39 is 0 Å². The van der Waals surface area contributed by atoms with E-state index in [0.29, 0.717) is 11.6 Å². The number of hydrogen-bond donors (Lipinski definition) is 1. The highest BCUT2D eigenvalue weighted by Gasteiger charge is 2.36. The third kappa shape index (κ3) is 3.98. The molecule has 2 aliphatic heterocycles. The summed E-state index contributed by atoms with van der Waals surface area (Å²) in [6.45, 7) is 8.70. The predicted molar refractivity (Wildman–Crippen MR) is 88.8 cm³/mol. The fraction of sp³-hybridized carbons (Fsp3) is 1.00. The SMILES string of the molecule is CN1CCN(C)C(CN2CCCNC3(CCCCC3)C2)C1. The number of piperazine rings is 1. The van der Waals surface area contributed by atoms with Crippen molar-refractivity contribution in [3.05, 3.63) is 0 Å². The molecule has 1 N–H and O–H groups in total. The van der Waals surface area contributed by atoms with Gasteiger partial charge in [0, 0.05) is 44.3 Å². The van der Waals surface area contributed by atoms with E-state index >= 15 is 0 Å². The minimum absolute atomic E-state index is 0.438. The van der Waals surface area contributed by atoms with Crippen LogP contribution in [0.3, 0.4) is 0 Å². The smallest absolute Gasteiger partial charge is 0.0347 e. The molecule has 1 atom stereocenters. The zero-order valence-electron chi connectivity index (χ0n) is 14.1. The van der Waals surface area contributed by atoms with Gasteiger partial charge in [-0.25, -0.2) is 0 Å². The molecular weight excluding hydrogens is 260 g/mol. The summed E-state index contributed by atoms with van der Waals surface area (Å²) in [5, 5.41) is 3.92. The second-order valence-electron chi connectivity index (χ2n) is 7.75. The van der Waals surface area contributed by atoms with Crippen LogP contribution in [0.5, 0.6) is 0 Å². The summed E-state index contributed by atoms with van der Waals surface area (Å²) in [5.74, 6) is 0. The van der Waals surface area contributed by atoms with Gasteiger partial charge in [0.15, 0.2) is 0 Å². The van der Waals surface area contributed by atoms with Gasteiger partial charge in [0.05, 0.1) is 0 Å². The van der Waals surface area contributed by atoms with E-state index in [1.807, 2.05) is 0 Å². The number of hydrogen-bond acceptors (Lipinski definition) is 4. The number of rotatable bonds is 2. The second kappa shape index (κ2) is 6.95. The molecule has 4 nitrogen and oxygen atoms in total. The minimum Gasteiger partial charge on any atom is -0.310 e. The quantitative estimate of drug-likeness (QED) is 0.827. The molecular formula is C17H34N4. The van der Waals surface area contributed by atoms with Gasteiger partial charge < -0.3 is 10.2 Å². The van der Waals surface area contributed by atoms with Gasteiger partial charge in [0.25, 0.3) is 0 Å². The predicted octanol–water partition coefficient (Wildman–Crippen LogP) is 1.23. The molecule has 0 amide bonds. The van der Waals surface area contributed by atoms with E-state index in [-0.39, 0.29) is 0 Å². The molecule has 1 unspecified atom stereocenters. The first kappa shape index (κ1) is 15.7. The molecule has 1 spiro atoms. The van der Waals surface area contributed by atoms with Crippen LogP contribution in [0.25, 0.3) is 0 Å². The van der Waals surface area contributed by atoms with Crippen LogP contribution < -0.4 is 5.32 Å². The fourth-order valence-corrected chi connectivity index (χ4v) is 4.54.